The van der Waals surface area contributed by atoms with Gasteiger partial charge in [-0.1, -0.05) is 39.8 Å². The van der Waals surface area contributed by atoms with E-state index < -0.39 is 0 Å². The zero-order valence-corrected chi connectivity index (χ0v) is 13.9. The molecule has 0 amide bonds. The molecular formula is C17H32N2O. The lowest BCUT2D eigenvalue weighted by molar-refractivity contribution is -0.118. The first kappa shape index (κ1) is 18.8. The summed E-state index contributed by atoms with van der Waals surface area (Å²) >= 11 is 0. The lowest BCUT2D eigenvalue weighted by Crippen LogP contribution is -2.43. The molecule has 116 valence electrons. The Hall–Kier alpha value is -1.25. The van der Waals surface area contributed by atoms with Gasteiger partial charge in [-0.15, -0.1) is 6.58 Å². The van der Waals surface area contributed by atoms with Gasteiger partial charge in [-0.25, -0.2) is 0 Å². The molecule has 0 aliphatic heterocycles. The van der Waals surface area contributed by atoms with E-state index in [0.29, 0.717) is 24.7 Å². The van der Waals surface area contributed by atoms with E-state index >= 15 is 0 Å². The third-order valence-corrected chi connectivity index (χ3v) is 3.31. The van der Waals surface area contributed by atoms with Crippen molar-refractivity contribution in [2.45, 2.75) is 66.3 Å². The quantitative estimate of drug-likeness (QED) is 0.473. The Bertz CT molecular complexity index is 339. The molecule has 0 heterocycles. The van der Waals surface area contributed by atoms with E-state index in [2.05, 4.69) is 44.6 Å². The van der Waals surface area contributed by atoms with Crippen molar-refractivity contribution in [3.63, 3.8) is 0 Å². The molecule has 2 N–H and O–H groups in total. The highest BCUT2D eigenvalue weighted by Crippen LogP contribution is 2.24. The zero-order chi connectivity index (χ0) is 15.8. The maximum absolute atomic E-state index is 11.2. The Kier molecular flexibility index (Phi) is 8.28. The SMILES string of the molecule is C=C(C)CC(NC(=C)NCCCC(=O)CC)C(C)(C)C. The second-order valence-electron chi connectivity index (χ2n) is 6.63. The van der Waals surface area contributed by atoms with Crippen LogP contribution in [0.25, 0.3) is 0 Å². The number of rotatable bonds is 10. The van der Waals surface area contributed by atoms with Crippen LogP contribution in [0.5, 0.6) is 0 Å². The van der Waals surface area contributed by atoms with Crippen molar-refractivity contribution in [2.75, 3.05) is 6.54 Å². The van der Waals surface area contributed by atoms with E-state index in [1.807, 2.05) is 13.8 Å². The van der Waals surface area contributed by atoms with Gasteiger partial charge in [0.15, 0.2) is 0 Å². The molecule has 0 radical (unpaired) electrons. The Morgan fingerprint density at radius 1 is 1.25 bits per heavy atom. The average Bonchev–Trinajstić information content (AvgIpc) is 2.31. The van der Waals surface area contributed by atoms with Crippen molar-refractivity contribution >= 4 is 5.78 Å². The molecule has 3 heteroatoms. The lowest BCUT2D eigenvalue weighted by atomic mass is 9.83. The monoisotopic (exact) mass is 280 g/mol. The van der Waals surface area contributed by atoms with Crippen molar-refractivity contribution in [1.29, 1.82) is 0 Å². The molecule has 0 aromatic carbocycles. The molecule has 1 unspecified atom stereocenters. The molecule has 0 spiro atoms. The maximum Gasteiger partial charge on any atom is 0.132 e. The van der Waals surface area contributed by atoms with Crippen molar-refractivity contribution in [3.8, 4) is 0 Å². The molecular weight excluding hydrogens is 248 g/mol. The second-order valence-corrected chi connectivity index (χ2v) is 6.63. The average molecular weight is 280 g/mol. The van der Waals surface area contributed by atoms with Crippen LogP contribution in [0.1, 0.15) is 60.3 Å². The largest absolute Gasteiger partial charge is 0.372 e. The van der Waals surface area contributed by atoms with E-state index in [1.54, 1.807) is 0 Å². The van der Waals surface area contributed by atoms with Gasteiger partial charge in [-0.05, 0) is 25.2 Å². The number of hydrogen-bond donors (Lipinski definition) is 2. The summed E-state index contributed by atoms with van der Waals surface area (Å²) in [6.45, 7) is 19.4. The zero-order valence-electron chi connectivity index (χ0n) is 13.9. The summed E-state index contributed by atoms with van der Waals surface area (Å²) < 4.78 is 0. The first-order valence-electron chi connectivity index (χ1n) is 7.52. The van der Waals surface area contributed by atoms with Gasteiger partial charge in [0.05, 0.1) is 5.82 Å². The fourth-order valence-electron chi connectivity index (χ4n) is 1.89. The third-order valence-electron chi connectivity index (χ3n) is 3.31. The molecule has 20 heavy (non-hydrogen) atoms. The van der Waals surface area contributed by atoms with Crippen LogP contribution in [0.4, 0.5) is 0 Å². The number of Topliss-reactive ketones (excluding diaryl/α,β-unsaturated/α-hetero) is 1. The maximum atomic E-state index is 11.2. The standard InChI is InChI=1S/C17H32N2O/c1-8-15(20)10-9-11-18-14(4)19-16(12-13(2)3)17(5,6)7/h16,18-19H,2,4,8-12H2,1,3,5-7H3. The molecule has 0 fully saturated rings. The van der Waals surface area contributed by atoms with Crippen LogP contribution in [-0.2, 0) is 4.79 Å². The molecule has 0 aromatic heterocycles. The number of ketones is 1. The fourth-order valence-corrected chi connectivity index (χ4v) is 1.89. The van der Waals surface area contributed by atoms with Crippen molar-refractivity contribution in [3.05, 3.63) is 24.6 Å². The Morgan fingerprint density at radius 3 is 2.30 bits per heavy atom. The van der Waals surface area contributed by atoms with E-state index in [-0.39, 0.29) is 5.41 Å². The predicted octanol–water partition coefficient (Wildman–Crippen LogP) is 3.78. The molecule has 0 saturated carbocycles. The highest BCUT2D eigenvalue weighted by molar-refractivity contribution is 5.77. The van der Waals surface area contributed by atoms with E-state index in [9.17, 15) is 4.79 Å². The van der Waals surface area contributed by atoms with Crippen LogP contribution in [0.15, 0.2) is 24.6 Å². The van der Waals surface area contributed by atoms with Crippen LogP contribution in [0, 0.1) is 5.41 Å². The number of carbonyl (C=O) groups is 1. The van der Waals surface area contributed by atoms with Crippen LogP contribution in [-0.4, -0.2) is 18.4 Å². The predicted molar refractivity (Wildman–Crippen MR) is 87.5 cm³/mol. The normalized spacial score (nSPS) is 12.7. The minimum Gasteiger partial charge on any atom is -0.372 e. The second kappa shape index (κ2) is 8.83. The van der Waals surface area contributed by atoms with Crippen LogP contribution < -0.4 is 10.6 Å². The minimum absolute atomic E-state index is 0.141. The summed E-state index contributed by atoms with van der Waals surface area (Å²) in [4.78, 5) is 11.2. The number of carbonyl (C=O) groups excluding carboxylic acids is 1. The van der Waals surface area contributed by atoms with Crippen LogP contribution in [0.2, 0.25) is 0 Å². The highest BCUT2D eigenvalue weighted by atomic mass is 16.1. The third kappa shape index (κ3) is 8.78. The van der Waals surface area contributed by atoms with E-state index in [4.69, 9.17) is 0 Å². The van der Waals surface area contributed by atoms with Gasteiger partial charge in [0.1, 0.15) is 5.78 Å². The molecule has 0 saturated heterocycles. The minimum atomic E-state index is 0.141. The number of nitrogens with one attached hydrogen (secondary N) is 2. The van der Waals surface area contributed by atoms with Crippen LogP contribution in [0.3, 0.4) is 0 Å². The first-order chi connectivity index (χ1) is 9.16. The van der Waals surface area contributed by atoms with Gasteiger partial charge in [0.2, 0.25) is 0 Å². The summed E-state index contributed by atoms with van der Waals surface area (Å²) in [6.07, 6.45) is 3.06. The fraction of sp³-hybridized carbons (Fsp3) is 0.706. The van der Waals surface area contributed by atoms with Gasteiger partial charge in [0.25, 0.3) is 0 Å². The molecule has 0 bridgehead atoms. The van der Waals surface area contributed by atoms with E-state index in [1.165, 1.54) is 5.57 Å². The van der Waals surface area contributed by atoms with E-state index in [0.717, 1.165) is 25.2 Å². The number of hydrogen-bond acceptors (Lipinski definition) is 3. The summed E-state index contributed by atoms with van der Waals surface area (Å²) in [6, 6.07) is 0.303. The molecule has 0 aliphatic rings. The summed E-state index contributed by atoms with van der Waals surface area (Å²) in [5, 5.41) is 6.69. The van der Waals surface area contributed by atoms with Gasteiger partial charge in [0, 0.05) is 25.4 Å². The summed E-state index contributed by atoms with van der Waals surface area (Å²) in [7, 11) is 0. The van der Waals surface area contributed by atoms with Crippen LogP contribution >= 0.6 is 0 Å². The lowest BCUT2D eigenvalue weighted by Gasteiger charge is -2.33. The topological polar surface area (TPSA) is 41.1 Å². The molecule has 3 nitrogen and oxygen atoms in total. The summed E-state index contributed by atoms with van der Waals surface area (Å²) in [5.74, 6) is 1.15. The van der Waals surface area contributed by atoms with Gasteiger partial charge >= 0.3 is 0 Å². The molecule has 0 rings (SSSR count). The highest BCUT2D eigenvalue weighted by Gasteiger charge is 2.24. The Morgan fingerprint density at radius 2 is 1.85 bits per heavy atom. The van der Waals surface area contributed by atoms with Gasteiger partial charge in [-0.2, -0.15) is 0 Å². The molecule has 1 atom stereocenters. The summed E-state index contributed by atoms with van der Waals surface area (Å²) in [5.41, 5.74) is 1.31. The molecule has 0 aromatic rings. The Balaban J connectivity index is 4.14. The van der Waals surface area contributed by atoms with Crippen molar-refractivity contribution in [1.82, 2.24) is 10.6 Å². The van der Waals surface area contributed by atoms with Gasteiger partial charge in [-0.3, -0.25) is 4.79 Å². The smallest absolute Gasteiger partial charge is 0.132 e. The Labute approximate surface area is 124 Å². The first-order valence-corrected chi connectivity index (χ1v) is 7.52. The van der Waals surface area contributed by atoms with Crippen molar-refractivity contribution in [2.24, 2.45) is 5.41 Å². The van der Waals surface area contributed by atoms with Gasteiger partial charge < -0.3 is 10.6 Å². The van der Waals surface area contributed by atoms with Crippen molar-refractivity contribution < 1.29 is 4.79 Å². The molecule has 0 aliphatic carbocycles.